The average molecular weight is 408 g/mol. The summed E-state index contributed by atoms with van der Waals surface area (Å²) in [6, 6.07) is 5.81. The van der Waals surface area contributed by atoms with Gasteiger partial charge in [0.25, 0.3) is 0 Å². The minimum atomic E-state index is -0.121. The molecule has 0 spiro atoms. The lowest BCUT2D eigenvalue weighted by Crippen LogP contribution is -2.38. The Morgan fingerprint density at radius 3 is 2.81 bits per heavy atom. The van der Waals surface area contributed by atoms with Crippen LogP contribution in [0.4, 0.5) is 0 Å². The predicted molar refractivity (Wildman–Crippen MR) is 105 cm³/mol. The van der Waals surface area contributed by atoms with Crippen LogP contribution in [0, 0.1) is 6.92 Å². The van der Waals surface area contributed by atoms with Crippen LogP contribution in [0.3, 0.4) is 0 Å². The molecule has 0 radical (unpaired) electrons. The molecule has 0 bridgehead atoms. The van der Waals surface area contributed by atoms with E-state index < -0.39 is 0 Å². The third-order valence-corrected chi connectivity index (χ3v) is 6.18. The van der Waals surface area contributed by atoms with Crippen LogP contribution in [0.2, 0.25) is 5.02 Å². The van der Waals surface area contributed by atoms with E-state index in [1.165, 1.54) is 35.7 Å². The van der Waals surface area contributed by atoms with Crippen molar-refractivity contribution in [3.8, 4) is 0 Å². The number of hydrogen-bond acceptors (Lipinski definition) is 6. The van der Waals surface area contributed by atoms with Gasteiger partial charge in [0, 0.05) is 16.0 Å². The summed E-state index contributed by atoms with van der Waals surface area (Å²) in [6.45, 7) is 1.98. The lowest BCUT2D eigenvalue weighted by molar-refractivity contribution is -0.126. The van der Waals surface area contributed by atoms with Crippen LogP contribution < -0.4 is 0 Å². The summed E-state index contributed by atoms with van der Waals surface area (Å²) in [5.74, 6) is 0.0243. The molecule has 1 amide bonds. The minimum Gasteiger partial charge on any atom is -0.409 e. The van der Waals surface area contributed by atoms with Gasteiger partial charge in [0.2, 0.25) is 5.91 Å². The number of aryl methyl sites for hydroxylation is 1. The van der Waals surface area contributed by atoms with E-state index in [0.29, 0.717) is 5.02 Å². The van der Waals surface area contributed by atoms with E-state index >= 15 is 0 Å². The van der Waals surface area contributed by atoms with Gasteiger partial charge in [0.05, 0.1) is 6.42 Å². The quantitative estimate of drug-likeness (QED) is 0.265. The average Bonchev–Trinajstić information content (AvgIpc) is 3.20. The van der Waals surface area contributed by atoms with E-state index in [9.17, 15) is 10.0 Å². The highest BCUT2D eigenvalue weighted by Gasteiger charge is 2.28. The maximum absolute atomic E-state index is 13.1. The lowest BCUT2D eigenvalue weighted by atomic mass is 9.95. The Morgan fingerprint density at radius 2 is 2.19 bits per heavy atom. The molecule has 1 aliphatic carbocycles. The summed E-state index contributed by atoms with van der Waals surface area (Å²) in [5.41, 5.74) is 1.02. The van der Waals surface area contributed by atoms with Crippen LogP contribution >= 0.6 is 23.5 Å². The Balaban J connectivity index is 1.81. The van der Waals surface area contributed by atoms with Crippen molar-refractivity contribution in [3.05, 3.63) is 41.4 Å². The number of benzene rings is 1. The molecule has 1 aliphatic rings. The van der Waals surface area contributed by atoms with Crippen molar-refractivity contribution in [2.45, 2.75) is 56.4 Å². The Labute approximate surface area is 167 Å². The van der Waals surface area contributed by atoms with E-state index in [1.54, 1.807) is 0 Å². The first-order valence-electron chi connectivity index (χ1n) is 8.90. The molecule has 1 N–H and O–H groups in total. The van der Waals surface area contributed by atoms with Gasteiger partial charge in [-0.2, -0.15) is 5.10 Å². The molecule has 1 aromatic heterocycles. The molecule has 2 aromatic rings. The fourth-order valence-electron chi connectivity index (χ4n) is 3.18. The van der Waals surface area contributed by atoms with Gasteiger partial charge >= 0.3 is 0 Å². The second-order valence-corrected chi connectivity index (χ2v) is 8.00. The maximum Gasteiger partial charge on any atom is 0.240 e. The normalized spacial score (nSPS) is 15.7. The number of oxime groups is 1. The molecule has 7 nitrogen and oxygen atoms in total. The third kappa shape index (κ3) is 5.01. The van der Waals surface area contributed by atoms with Gasteiger partial charge in [0.15, 0.2) is 5.84 Å². The third-order valence-electron chi connectivity index (χ3n) is 4.59. The van der Waals surface area contributed by atoms with Crippen LogP contribution in [0.1, 0.15) is 44.1 Å². The van der Waals surface area contributed by atoms with Gasteiger partial charge < -0.3 is 5.21 Å². The molecule has 0 saturated heterocycles. The lowest BCUT2D eigenvalue weighted by Gasteiger charge is -2.33. The highest BCUT2D eigenvalue weighted by molar-refractivity contribution is 7.97. The van der Waals surface area contributed by atoms with Crippen molar-refractivity contribution in [1.82, 2.24) is 19.1 Å². The Bertz CT molecular complexity index is 806. The molecule has 1 aromatic carbocycles. The summed E-state index contributed by atoms with van der Waals surface area (Å²) in [6.07, 6.45) is 8.05. The highest BCUT2D eigenvalue weighted by Crippen LogP contribution is 2.34. The van der Waals surface area contributed by atoms with Crippen LogP contribution in [-0.2, 0) is 4.79 Å². The summed E-state index contributed by atoms with van der Waals surface area (Å²) in [7, 11) is 0. The van der Waals surface area contributed by atoms with Gasteiger partial charge in [-0.15, -0.1) is 0 Å². The molecule has 27 heavy (non-hydrogen) atoms. The number of halogens is 1. The molecule has 0 unspecified atom stereocenters. The first-order valence-corrected chi connectivity index (χ1v) is 10.1. The Morgan fingerprint density at radius 1 is 1.41 bits per heavy atom. The van der Waals surface area contributed by atoms with Gasteiger partial charge in [-0.25, -0.2) is 9.67 Å². The zero-order chi connectivity index (χ0) is 19.2. The number of aromatic nitrogens is 3. The number of amides is 1. The van der Waals surface area contributed by atoms with E-state index in [2.05, 4.69) is 15.2 Å². The summed E-state index contributed by atoms with van der Waals surface area (Å²) in [4.78, 5) is 17.9. The second-order valence-electron chi connectivity index (χ2n) is 6.55. The first kappa shape index (κ1) is 19.7. The van der Waals surface area contributed by atoms with E-state index in [0.717, 1.165) is 36.1 Å². The summed E-state index contributed by atoms with van der Waals surface area (Å²) >= 11 is 7.49. The number of carbonyl (C=O) groups is 1. The van der Waals surface area contributed by atoms with Crippen LogP contribution in [0.5, 0.6) is 0 Å². The largest absolute Gasteiger partial charge is 0.409 e. The fourth-order valence-corrected chi connectivity index (χ4v) is 4.48. The number of nitrogens with zero attached hydrogens (tertiary/aromatic N) is 5. The zero-order valence-corrected chi connectivity index (χ0v) is 16.7. The summed E-state index contributed by atoms with van der Waals surface area (Å²) in [5, 5.41) is 17.2. The molecule has 1 saturated carbocycles. The van der Waals surface area contributed by atoms with Crippen molar-refractivity contribution in [2.75, 3.05) is 0 Å². The number of carbonyl (C=O) groups excluding carboxylic acids is 1. The van der Waals surface area contributed by atoms with Crippen molar-refractivity contribution in [2.24, 2.45) is 5.16 Å². The molecule has 9 heteroatoms. The highest BCUT2D eigenvalue weighted by atomic mass is 35.5. The smallest absolute Gasteiger partial charge is 0.240 e. The van der Waals surface area contributed by atoms with E-state index in [4.69, 9.17) is 11.6 Å². The first-order chi connectivity index (χ1) is 13.1. The molecular weight excluding hydrogens is 386 g/mol. The van der Waals surface area contributed by atoms with Crippen LogP contribution in [-0.4, -0.2) is 42.1 Å². The zero-order valence-electron chi connectivity index (χ0n) is 15.1. The van der Waals surface area contributed by atoms with Gasteiger partial charge in [-0.1, -0.05) is 36.0 Å². The molecule has 0 atom stereocenters. The van der Waals surface area contributed by atoms with Crippen molar-refractivity contribution in [1.29, 1.82) is 0 Å². The number of rotatable bonds is 5. The second kappa shape index (κ2) is 9.23. The molecule has 144 valence electrons. The van der Waals surface area contributed by atoms with Crippen molar-refractivity contribution in [3.63, 3.8) is 0 Å². The Kier molecular flexibility index (Phi) is 6.73. The molecule has 1 heterocycles. The maximum atomic E-state index is 13.1. The van der Waals surface area contributed by atoms with Gasteiger partial charge in [-0.05, 0) is 55.5 Å². The standard InChI is InChI=1S/C18H22ClN5O2S/c1-13-9-14(19)7-8-16(13)27-24(15-5-3-2-4-6-15)18(25)10-17(22-26)23-12-20-11-21-23/h7-9,11-12,15,26H,2-6,10H2,1H3/b22-17-. The number of hydrogen-bond donors (Lipinski definition) is 1. The van der Waals surface area contributed by atoms with E-state index in [-0.39, 0.29) is 24.2 Å². The Hall–Kier alpha value is -2.06. The predicted octanol–water partition coefficient (Wildman–Crippen LogP) is 4.13. The van der Waals surface area contributed by atoms with Crippen LogP contribution in [0.25, 0.3) is 0 Å². The fraction of sp³-hybridized carbons (Fsp3) is 0.444. The van der Waals surface area contributed by atoms with E-state index in [1.807, 2.05) is 29.4 Å². The topological polar surface area (TPSA) is 83.6 Å². The minimum absolute atomic E-state index is 0.0595. The molecule has 1 fully saturated rings. The molecule has 3 rings (SSSR count). The molecule has 0 aliphatic heterocycles. The van der Waals surface area contributed by atoms with Crippen LogP contribution in [0.15, 0.2) is 40.9 Å². The van der Waals surface area contributed by atoms with Crippen molar-refractivity contribution >= 4 is 35.3 Å². The monoisotopic (exact) mass is 407 g/mol. The van der Waals surface area contributed by atoms with Crippen molar-refractivity contribution < 1.29 is 10.0 Å². The summed E-state index contributed by atoms with van der Waals surface area (Å²) < 4.78 is 3.13. The molecular formula is C18H22ClN5O2S. The van der Waals surface area contributed by atoms with Gasteiger partial charge in [-0.3, -0.25) is 9.10 Å². The van der Waals surface area contributed by atoms with Gasteiger partial charge in [0.1, 0.15) is 12.7 Å². The SMILES string of the molecule is Cc1cc(Cl)ccc1SN(C(=O)C/C(=N/O)n1cncn1)C1CCCCC1.